The zero-order chi connectivity index (χ0) is 24.6. The molecule has 13 heteroatoms. The van der Waals surface area contributed by atoms with Crippen LogP contribution in [0.4, 0.5) is 18.9 Å². The van der Waals surface area contributed by atoms with Crippen LogP contribution in [0.1, 0.15) is 27.3 Å². The van der Waals surface area contributed by atoms with Gasteiger partial charge < -0.3 is 10.1 Å². The van der Waals surface area contributed by atoms with E-state index in [0.29, 0.717) is 10.3 Å². The molecule has 0 radical (unpaired) electrons. The minimum atomic E-state index is -4.87. The van der Waals surface area contributed by atoms with Crippen LogP contribution in [0.3, 0.4) is 0 Å². The number of amides is 1. The molecule has 33 heavy (non-hydrogen) atoms. The van der Waals surface area contributed by atoms with E-state index < -0.39 is 44.6 Å². The third-order valence-electron chi connectivity index (χ3n) is 4.41. The molecule has 0 bridgehead atoms. The molecule has 2 heterocycles. The Bertz CT molecular complexity index is 1350. The molecule has 0 atom stereocenters. The van der Waals surface area contributed by atoms with Gasteiger partial charge in [0, 0.05) is 11.9 Å². The predicted octanol–water partition coefficient (Wildman–Crippen LogP) is 4.72. The smallest absolute Gasteiger partial charge is 0.435 e. The summed E-state index contributed by atoms with van der Waals surface area (Å²) in [5.74, 6) is -1.31. The van der Waals surface area contributed by atoms with Crippen LogP contribution in [0.5, 0.6) is 11.6 Å². The lowest BCUT2D eigenvalue weighted by Crippen LogP contribution is -2.21. The summed E-state index contributed by atoms with van der Waals surface area (Å²) in [7, 11) is -3.58. The number of carbonyl (C=O) groups is 1. The monoisotopic (exact) mass is 544 g/mol. The van der Waals surface area contributed by atoms with Crippen LogP contribution in [-0.4, -0.2) is 35.8 Å². The SMILES string of the molecule is Cc1nc(Br)ccc1Oc1nnc(C(F)(F)F)c(C)c1C(=O)Nc1cccc(S(C)(=O)=O)c1. The third-order valence-corrected chi connectivity index (χ3v) is 5.96. The molecule has 3 aromatic rings. The summed E-state index contributed by atoms with van der Waals surface area (Å²) >= 11 is 3.19. The summed E-state index contributed by atoms with van der Waals surface area (Å²) in [6.07, 6.45) is -3.88. The van der Waals surface area contributed by atoms with Crippen molar-refractivity contribution in [3.63, 3.8) is 0 Å². The highest BCUT2D eigenvalue weighted by Crippen LogP contribution is 2.35. The molecule has 1 aromatic carbocycles. The van der Waals surface area contributed by atoms with Crippen molar-refractivity contribution in [2.75, 3.05) is 11.6 Å². The van der Waals surface area contributed by atoms with E-state index in [1.54, 1.807) is 13.0 Å². The van der Waals surface area contributed by atoms with E-state index >= 15 is 0 Å². The number of hydrogen-bond donors (Lipinski definition) is 1. The van der Waals surface area contributed by atoms with Crippen molar-refractivity contribution in [3.05, 3.63) is 63.5 Å². The molecule has 0 aliphatic rings. The fraction of sp³-hybridized carbons (Fsp3) is 0.200. The number of benzene rings is 1. The summed E-state index contributed by atoms with van der Waals surface area (Å²) < 4.78 is 69.9. The fourth-order valence-electron chi connectivity index (χ4n) is 2.84. The van der Waals surface area contributed by atoms with Gasteiger partial charge in [-0.15, -0.1) is 10.2 Å². The summed E-state index contributed by atoms with van der Waals surface area (Å²) in [5.41, 5.74) is -1.93. The van der Waals surface area contributed by atoms with Crippen LogP contribution in [0.25, 0.3) is 0 Å². The quantitative estimate of drug-likeness (QED) is 0.462. The average Bonchev–Trinajstić information content (AvgIpc) is 2.68. The van der Waals surface area contributed by atoms with Crippen molar-refractivity contribution in [2.45, 2.75) is 24.9 Å². The molecule has 1 amide bonds. The van der Waals surface area contributed by atoms with Crippen LogP contribution >= 0.6 is 15.9 Å². The van der Waals surface area contributed by atoms with Gasteiger partial charge in [0.2, 0.25) is 0 Å². The molecule has 1 N–H and O–H groups in total. The Morgan fingerprint density at radius 3 is 2.42 bits per heavy atom. The van der Waals surface area contributed by atoms with Crippen LogP contribution in [0.15, 0.2) is 45.9 Å². The highest BCUT2D eigenvalue weighted by Gasteiger charge is 2.38. The van der Waals surface area contributed by atoms with Crippen LogP contribution in [0, 0.1) is 13.8 Å². The van der Waals surface area contributed by atoms with Crippen molar-refractivity contribution in [1.82, 2.24) is 15.2 Å². The van der Waals surface area contributed by atoms with Gasteiger partial charge in [-0.05, 0) is 65.7 Å². The van der Waals surface area contributed by atoms with Gasteiger partial charge in [0.25, 0.3) is 11.8 Å². The minimum absolute atomic E-state index is 0.0557. The zero-order valence-electron chi connectivity index (χ0n) is 17.4. The van der Waals surface area contributed by atoms with Gasteiger partial charge in [-0.1, -0.05) is 6.07 Å². The van der Waals surface area contributed by atoms with E-state index in [1.165, 1.54) is 30.3 Å². The number of alkyl halides is 3. The fourth-order valence-corrected chi connectivity index (χ4v) is 3.90. The normalized spacial score (nSPS) is 11.8. The molecule has 0 aliphatic carbocycles. The number of pyridine rings is 1. The van der Waals surface area contributed by atoms with Crippen LogP contribution in [-0.2, 0) is 16.0 Å². The lowest BCUT2D eigenvalue weighted by atomic mass is 10.1. The standard InChI is InChI=1S/C20H16BrF3N4O4S/c1-10-16(18(29)26-12-5-4-6-13(9-12)33(3,30)31)19(28-27-17(10)20(22,23)24)32-14-7-8-15(21)25-11(14)2/h4-9H,1-3H3,(H,26,29). The van der Waals surface area contributed by atoms with Crippen molar-refractivity contribution in [2.24, 2.45) is 0 Å². The van der Waals surface area contributed by atoms with Crippen molar-refractivity contribution >= 4 is 37.4 Å². The van der Waals surface area contributed by atoms with Gasteiger partial charge in [0.1, 0.15) is 10.2 Å². The van der Waals surface area contributed by atoms with Gasteiger partial charge in [-0.3, -0.25) is 4.79 Å². The Kier molecular flexibility index (Phi) is 6.75. The number of sulfone groups is 1. The molecule has 0 aliphatic heterocycles. The summed E-state index contributed by atoms with van der Waals surface area (Å²) in [4.78, 5) is 17.1. The number of nitrogens with zero attached hydrogens (tertiary/aromatic N) is 3. The Balaban J connectivity index is 2.08. The second-order valence-electron chi connectivity index (χ2n) is 6.93. The number of hydrogen-bond acceptors (Lipinski definition) is 7. The van der Waals surface area contributed by atoms with E-state index in [2.05, 4.69) is 36.4 Å². The maximum Gasteiger partial charge on any atom is 0.435 e. The van der Waals surface area contributed by atoms with Gasteiger partial charge in [0.05, 0.1) is 10.6 Å². The highest BCUT2D eigenvalue weighted by molar-refractivity contribution is 9.10. The van der Waals surface area contributed by atoms with Crippen molar-refractivity contribution in [3.8, 4) is 11.6 Å². The molecular weight excluding hydrogens is 529 g/mol. The minimum Gasteiger partial charge on any atom is -0.435 e. The number of ether oxygens (including phenoxy) is 1. The molecule has 2 aromatic heterocycles. The molecule has 3 rings (SSSR count). The first-order valence-corrected chi connectivity index (χ1v) is 11.8. The number of aromatic nitrogens is 3. The summed E-state index contributed by atoms with van der Waals surface area (Å²) in [6.45, 7) is 2.67. The third kappa shape index (κ3) is 5.66. The van der Waals surface area contributed by atoms with E-state index in [9.17, 15) is 26.4 Å². The number of anilines is 1. The van der Waals surface area contributed by atoms with Crippen molar-refractivity contribution < 1.29 is 31.1 Å². The first kappa shape index (κ1) is 24.6. The van der Waals surface area contributed by atoms with Crippen LogP contribution < -0.4 is 10.1 Å². The van der Waals surface area contributed by atoms with E-state index in [4.69, 9.17) is 4.74 Å². The predicted molar refractivity (Wildman–Crippen MR) is 116 cm³/mol. The number of nitrogens with one attached hydrogen (secondary N) is 1. The first-order valence-electron chi connectivity index (χ1n) is 9.14. The number of halogens is 4. The second kappa shape index (κ2) is 9.06. The number of rotatable bonds is 5. The molecule has 8 nitrogen and oxygen atoms in total. The van der Waals surface area contributed by atoms with Gasteiger partial charge >= 0.3 is 6.18 Å². The Labute approximate surface area is 195 Å². The topological polar surface area (TPSA) is 111 Å². The number of carbonyl (C=O) groups excluding carboxylic acids is 1. The largest absolute Gasteiger partial charge is 0.435 e. The lowest BCUT2D eigenvalue weighted by Gasteiger charge is -2.16. The highest BCUT2D eigenvalue weighted by atomic mass is 79.9. The van der Waals surface area contributed by atoms with Gasteiger partial charge in [0.15, 0.2) is 21.3 Å². The Hall–Kier alpha value is -3.06. The van der Waals surface area contributed by atoms with Gasteiger partial charge in [-0.2, -0.15) is 13.2 Å². The molecule has 0 saturated heterocycles. The lowest BCUT2D eigenvalue weighted by molar-refractivity contribution is -0.142. The van der Waals surface area contributed by atoms with E-state index in [-0.39, 0.29) is 16.3 Å². The Morgan fingerprint density at radius 1 is 1.12 bits per heavy atom. The zero-order valence-corrected chi connectivity index (χ0v) is 19.8. The van der Waals surface area contributed by atoms with Gasteiger partial charge in [-0.25, -0.2) is 13.4 Å². The first-order chi connectivity index (χ1) is 15.3. The second-order valence-corrected chi connectivity index (χ2v) is 9.75. The molecule has 0 unspecified atom stereocenters. The summed E-state index contributed by atoms with van der Waals surface area (Å²) in [5, 5.41) is 9.09. The van der Waals surface area contributed by atoms with Crippen LogP contribution in [0.2, 0.25) is 0 Å². The Morgan fingerprint density at radius 2 is 1.82 bits per heavy atom. The molecule has 0 fully saturated rings. The van der Waals surface area contributed by atoms with E-state index in [1.807, 2.05) is 0 Å². The summed E-state index contributed by atoms with van der Waals surface area (Å²) in [6, 6.07) is 8.33. The maximum absolute atomic E-state index is 13.4. The van der Waals surface area contributed by atoms with E-state index in [0.717, 1.165) is 13.2 Å². The maximum atomic E-state index is 13.4. The van der Waals surface area contributed by atoms with Crippen molar-refractivity contribution in [1.29, 1.82) is 0 Å². The molecular formula is C20H16BrF3N4O4S. The molecule has 174 valence electrons. The number of aryl methyl sites for hydroxylation is 1. The molecule has 0 spiro atoms. The molecule has 0 saturated carbocycles. The average molecular weight is 545 g/mol.